The molecule has 1 aliphatic carbocycles. The molecule has 4 rings (SSSR count). The second-order valence-corrected chi connectivity index (χ2v) is 7.81. The highest BCUT2D eigenvalue weighted by Gasteiger charge is 2.21. The number of fused-ring (bicyclic) bond motifs is 2. The monoisotopic (exact) mass is 392 g/mol. The molecule has 142 valence electrons. The molecule has 0 bridgehead atoms. The van der Waals surface area contributed by atoms with E-state index in [9.17, 15) is 9.59 Å². The van der Waals surface area contributed by atoms with Crippen molar-refractivity contribution in [2.75, 3.05) is 5.75 Å². The molecule has 0 saturated heterocycles. The van der Waals surface area contributed by atoms with Gasteiger partial charge in [0.25, 0.3) is 0 Å². The highest BCUT2D eigenvalue weighted by molar-refractivity contribution is 7.99. The molecule has 1 unspecified atom stereocenters. The van der Waals surface area contributed by atoms with Crippen LogP contribution in [0.15, 0.2) is 53.7 Å². The third-order valence-electron chi connectivity index (χ3n) is 4.82. The molecule has 0 amide bonds. The Morgan fingerprint density at radius 1 is 1.11 bits per heavy atom. The fraction of sp³-hybridized carbons (Fsp3) is 0.273. The summed E-state index contributed by atoms with van der Waals surface area (Å²) in [6.07, 6.45) is 4.04. The van der Waals surface area contributed by atoms with Gasteiger partial charge in [-0.2, -0.15) is 0 Å². The van der Waals surface area contributed by atoms with E-state index >= 15 is 0 Å². The van der Waals surface area contributed by atoms with Crippen LogP contribution < -0.4 is 0 Å². The Morgan fingerprint density at radius 3 is 2.75 bits per heavy atom. The number of hydrogen-bond donors (Lipinski definition) is 0. The fourth-order valence-electron chi connectivity index (χ4n) is 3.39. The lowest BCUT2D eigenvalue weighted by molar-refractivity contribution is -0.143. The van der Waals surface area contributed by atoms with Crippen molar-refractivity contribution in [3.8, 4) is 0 Å². The average Bonchev–Trinajstić information content (AvgIpc) is 3.19. The summed E-state index contributed by atoms with van der Waals surface area (Å²) in [6.45, 7) is 1.62. The number of ether oxygens (including phenoxy) is 1. The molecule has 1 aromatic heterocycles. The predicted octanol–water partition coefficient (Wildman–Crippen LogP) is 4.03. The van der Waals surface area contributed by atoms with Crippen LogP contribution in [0.25, 0.3) is 11.0 Å². The second kappa shape index (κ2) is 8.10. The number of nitrogens with zero attached hydrogens (tertiary/aromatic N) is 2. The van der Waals surface area contributed by atoms with Gasteiger partial charge >= 0.3 is 5.97 Å². The van der Waals surface area contributed by atoms with Gasteiger partial charge in [-0.15, -0.1) is 0 Å². The molecule has 0 aliphatic heterocycles. The Kier molecular flexibility index (Phi) is 5.39. The first-order chi connectivity index (χ1) is 13.6. The van der Waals surface area contributed by atoms with Gasteiger partial charge < -0.3 is 4.74 Å². The lowest BCUT2D eigenvalue weighted by atomic mass is 10.0. The van der Waals surface area contributed by atoms with E-state index in [2.05, 4.69) is 9.97 Å². The zero-order chi connectivity index (χ0) is 19.5. The maximum Gasteiger partial charge on any atom is 0.317 e. The molecule has 0 fully saturated rings. The van der Waals surface area contributed by atoms with E-state index in [0.29, 0.717) is 10.6 Å². The normalized spacial score (nSPS) is 13.9. The Balaban J connectivity index is 1.34. The van der Waals surface area contributed by atoms with Gasteiger partial charge in [0.1, 0.15) is 5.03 Å². The minimum Gasteiger partial charge on any atom is -0.454 e. The van der Waals surface area contributed by atoms with E-state index < -0.39 is 12.1 Å². The summed E-state index contributed by atoms with van der Waals surface area (Å²) in [7, 11) is 0. The fourth-order valence-corrected chi connectivity index (χ4v) is 4.01. The Labute approximate surface area is 167 Å². The van der Waals surface area contributed by atoms with Gasteiger partial charge in [-0.3, -0.25) is 14.6 Å². The predicted molar refractivity (Wildman–Crippen MR) is 109 cm³/mol. The first-order valence-corrected chi connectivity index (χ1v) is 10.3. The molecular weight excluding hydrogens is 372 g/mol. The Hall–Kier alpha value is -2.73. The maximum absolute atomic E-state index is 12.6. The standard InChI is InChI=1S/C22H20N2O3S/c1-14(22(26)17-10-9-15-5-4-6-16(15)11-17)27-21(25)13-28-20-12-23-18-7-2-3-8-19(18)24-20/h2-3,7-12,14H,4-6,13H2,1H3. The number of esters is 1. The van der Waals surface area contributed by atoms with E-state index in [1.54, 1.807) is 13.1 Å². The molecule has 5 nitrogen and oxygen atoms in total. The van der Waals surface area contributed by atoms with Crippen LogP contribution in [0.5, 0.6) is 0 Å². The molecular formula is C22H20N2O3S. The molecule has 0 saturated carbocycles. The minimum atomic E-state index is -0.810. The largest absolute Gasteiger partial charge is 0.454 e. The molecule has 2 aromatic carbocycles. The van der Waals surface area contributed by atoms with Crippen molar-refractivity contribution in [3.05, 3.63) is 65.4 Å². The van der Waals surface area contributed by atoms with Crippen LogP contribution in [0.4, 0.5) is 0 Å². The summed E-state index contributed by atoms with van der Waals surface area (Å²) < 4.78 is 5.34. The smallest absolute Gasteiger partial charge is 0.317 e. The minimum absolute atomic E-state index is 0.0782. The topological polar surface area (TPSA) is 69.2 Å². The lowest BCUT2D eigenvalue weighted by Crippen LogP contribution is -2.25. The van der Waals surface area contributed by atoms with Crippen LogP contribution in [0.2, 0.25) is 0 Å². The van der Waals surface area contributed by atoms with Crippen molar-refractivity contribution >= 4 is 34.5 Å². The number of Topliss-reactive ketones (excluding diaryl/α,β-unsaturated/α-hetero) is 1. The van der Waals surface area contributed by atoms with Crippen molar-refractivity contribution < 1.29 is 14.3 Å². The number of benzene rings is 2. The lowest BCUT2D eigenvalue weighted by Gasteiger charge is -2.13. The summed E-state index contributed by atoms with van der Waals surface area (Å²) in [5, 5.41) is 0.647. The number of ketones is 1. The van der Waals surface area contributed by atoms with E-state index in [1.165, 1.54) is 22.9 Å². The van der Waals surface area contributed by atoms with Gasteiger partial charge in [0, 0.05) is 5.56 Å². The quantitative estimate of drug-likeness (QED) is 0.358. The molecule has 3 aromatic rings. The van der Waals surface area contributed by atoms with Crippen LogP contribution in [0.3, 0.4) is 0 Å². The average molecular weight is 392 g/mol. The van der Waals surface area contributed by atoms with Crippen LogP contribution in [-0.2, 0) is 22.4 Å². The van der Waals surface area contributed by atoms with Gasteiger partial charge in [-0.25, -0.2) is 4.98 Å². The maximum atomic E-state index is 12.6. The highest BCUT2D eigenvalue weighted by Crippen LogP contribution is 2.24. The number of carbonyl (C=O) groups is 2. The second-order valence-electron chi connectivity index (χ2n) is 6.82. The van der Waals surface area contributed by atoms with Gasteiger partial charge in [0.2, 0.25) is 5.78 Å². The molecule has 1 aliphatic rings. The molecule has 28 heavy (non-hydrogen) atoms. The van der Waals surface area contributed by atoms with Crippen LogP contribution in [0.1, 0.15) is 34.8 Å². The van der Waals surface area contributed by atoms with E-state index in [-0.39, 0.29) is 11.5 Å². The highest BCUT2D eigenvalue weighted by atomic mass is 32.2. The van der Waals surface area contributed by atoms with Crippen molar-refractivity contribution in [1.29, 1.82) is 0 Å². The number of carbonyl (C=O) groups excluding carboxylic acids is 2. The number of aromatic nitrogens is 2. The number of thioether (sulfide) groups is 1. The first-order valence-electron chi connectivity index (χ1n) is 9.30. The van der Waals surface area contributed by atoms with Crippen LogP contribution in [-0.4, -0.2) is 33.6 Å². The molecule has 1 heterocycles. The third kappa shape index (κ3) is 4.07. The Bertz CT molecular complexity index is 1050. The summed E-state index contributed by atoms with van der Waals surface area (Å²) in [4.78, 5) is 33.6. The molecule has 0 radical (unpaired) electrons. The number of rotatable bonds is 6. The summed E-state index contributed by atoms with van der Waals surface area (Å²) in [6, 6.07) is 13.3. The van der Waals surface area contributed by atoms with Crippen molar-refractivity contribution in [2.24, 2.45) is 0 Å². The third-order valence-corrected chi connectivity index (χ3v) is 5.70. The molecule has 0 N–H and O–H groups in total. The summed E-state index contributed by atoms with van der Waals surface area (Å²) in [5.74, 6) is -0.532. The Morgan fingerprint density at radius 2 is 1.89 bits per heavy atom. The van der Waals surface area contributed by atoms with E-state index in [4.69, 9.17) is 4.74 Å². The molecule has 0 spiro atoms. The van der Waals surface area contributed by atoms with Crippen LogP contribution in [0, 0.1) is 0 Å². The number of hydrogen-bond acceptors (Lipinski definition) is 6. The van der Waals surface area contributed by atoms with Gasteiger partial charge in [0.15, 0.2) is 6.10 Å². The molecule has 6 heteroatoms. The zero-order valence-corrected chi connectivity index (χ0v) is 16.4. The number of para-hydroxylation sites is 2. The van der Waals surface area contributed by atoms with Crippen molar-refractivity contribution in [2.45, 2.75) is 37.3 Å². The van der Waals surface area contributed by atoms with Gasteiger partial charge in [-0.1, -0.05) is 36.0 Å². The van der Waals surface area contributed by atoms with Crippen molar-refractivity contribution in [1.82, 2.24) is 9.97 Å². The molecule has 1 atom stereocenters. The number of aryl methyl sites for hydroxylation is 2. The summed E-state index contributed by atoms with van der Waals surface area (Å²) in [5.41, 5.74) is 4.74. The first kappa shape index (κ1) is 18.6. The SMILES string of the molecule is CC(OC(=O)CSc1cnc2ccccc2n1)C(=O)c1ccc2c(c1)CCC2. The van der Waals surface area contributed by atoms with Gasteiger partial charge in [-0.05, 0) is 55.5 Å². The summed E-state index contributed by atoms with van der Waals surface area (Å²) >= 11 is 1.25. The van der Waals surface area contributed by atoms with E-state index in [1.807, 2.05) is 42.5 Å². The van der Waals surface area contributed by atoms with Crippen LogP contribution >= 0.6 is 11.8 Å². The van der Waals surface area contributed by atoms with Gasteiger partial charge in [0.05, 0.1) is 23.0 Å². The zero-order valence-electron chi connectivity index (χ0n) is 15.6. The van der Waals surface area contributed by atoms with Crippen molar-refractivity contribution in [3.63, 3.8) is 0 Å². The van der Waals surface area contributed by atoms with E-state index in [0.717, 1.165) is 30.3 Å².